The summed E-state index contributed by atoms with van der Waals surface area (Å²) in [7, 11) is -1.39. The van der Waals surface area contributed by atoms with Crippen molar-refractivity contribution in [2.75, 3.05) is 0 Å². The van der Waals surface area contributed by atoms with Crippen LogP contribution >= 0.6 is 0 Å². The molecule has 1 aromatic carbocycles. The lowest BCUT2D eigenvalue weighted by Gasteiger charge is -2.05. The summed E-state index contributed by atoms with van der Waals surface area (Å²) in [6.45, 7) is 6.42. The summed E-state index contributed by atoms with van der Waals surface area (Å²) in [5.41, 5.74) is 6.20. The minimum Gasteiger partial charge on any atom is -0.341 e. The van der Waals surface area contributed by atoms with Crippen molar-refractivity contribution in [1.82, 2.24) is 5.48 Å². The van der Waals surface area contributed by atoms with E-state index in [0.29, 0.717) is 6.42 Å². The van der Waals surface area contributed by atoms with E-state index in [-0.39, 0.29) is 18.7 Å². The highest BCUT2D eigenvalue weighted by molar-refractivity contribution is 6.83. The Hall–Kier alpha value is -2.06. The van der Waals surface area contributed by atoms with Gasteiger partial charge in [0.1, 0.15) is 8.07 Å². The first-order valence-corrected chi connectivity index (χ1v) is 10.4. The Morgan fingerprint density at radius 3 is 2.48 bits per heavy atom. The van der Waals surface area contributed by atoms with Gasteiger partial charge in [-0.05, 0) is 5.56 Å². The van der Waals surface area contributed by atoms with Crippen molar-refractivity contribution < 1.29 is 14.4 Å². The SMILES string of the molecule is C[Si](C)(C)C#CCCC(=O)ONC(=O)Cc1ccccc1. The molecule has 0 spiro atoms. The summed E-state index contributed by atoms with van der Waals surface area (Å²) in [6.07, 6.45) is 0.824. The van der Waals surface area contributed by atoms with Gasteiger partial charge >= 0.3 is 5.97 Å². The number of hydrogen-bond donors (Lipinski definition) is 1. The fourth-order valence-corrected chi connectivity index (χ4v) is 2.13. The smallest absolute Gasteiger partial charge is 0.333 e. The lowest BCUT2D eigenvalue weighted by molar-refractivity contribution is -0.157. The summed E-state index contributed by atoms with van der Waals surface area (Å²) >= 11 is 0. The molecular formula is C16H21NO3Si. The Kier molecular flexibility index (Phi) is 6.69. The van der Waals surface area contributed by atoms with Crippen LogP contribution in [0.5, 0.6) is 0 Å². The largest absolute Gasteiger partial charge is 0.341 e. The van der Waals surface area contributed by atoms with Crippen LogP contribution in [-0.4, -0.2) is 20.0 Å². The van der Waals surface area contributed by atoms with Gasteiger partial charge in [-0.3, -0.25) is 4.79 Å². The molecule has 0 aliphatic carbocycles. The van der Waals surface area contributed by atoms with E-state index in [1.54, 1.807) is 0 Å². The number of hydroxylamine groups is 1. The monoisotopic (exact) mass is 303 g/mol. The third-order valence-corrected chi connectivity index (χ3v) is 3.33. The van der Waals surface area contributed by atoms with Crippen molar-refractivity contribution >= 4 is 20.0 Å². The normalized spacial score (nSPS) is 10.2. The lowest BCUT2D eigenvalue weighted by atomic mass is 10.1. The maximum Gasteiger partial charge on any atom is 0.333 e. The zero-order valence-electron chi connectivity index (χ0n) is 12.7. The van der Waals surface area contributed by atoms with Crippen molar-refractivity contribution in [3.05, 3.63) is 35.9 Å². The molecule has 0 unspecified atom stereocenters. The molecule has 1 aromatic rings. The average Bonchev–Trinajstić information content (AvgIpc) is 2.41. The van der Waals surface area contributed by atoms with Crippen LogP contribution in [0.2, 0.25) is 19.6 Å². The number of nitrogens with one attached hydrogen (secondary N) is 1. The van der Waals surface area contributed by atoms with Gasteiger partial charge in [-0.25, -0.2) is 4.79 Å². The Morgan fingerprint density at radius 2 is 1.86 bits per heavy atom. The van der Waals surface area contributed by atoms with Crippen LogP contribution in [0.1, 0.15) is 18.4 Å². The van der Waals surface area contributed by atoms with Crippen LogP contribution < -0.4 is 5.48 Å². The number of carbonyl (C=O) groups excluding carboxylic acids is 2. The van der Waals surface area contributed by atoms with Crippen molar-refractivity contribution in [3.8, 4) is 11.5 Å². The summed E-state index contributed by atoms with van der Waals surface area (Å²) in [5, 5.41) is 0. The maximum absolute atomic E-state index is 11.6. The Morgan fingerprint density at radius 1 is 1.19 bits per heavy atom. The van der Waals surface area contributed by atoms with Gasteiger partial charge in [0.15, 0.2) is 0 Å². The van der Waals surface area contributed by atoms with Gasteiger partial charge in [0.25, 0.3) is 5.91 Å². The molecule has 5 heteroatoms. The molecule has 1 N–H and O–H groups in total. The highest BCUT2D eigenvalue weighted by atomic mass is 28.3. The fraction of sp³-hybridized carbons (Fsp3) is 0.375. The van der Waals surface area contributed by atoms with Gasteiger partial charge in [-0.15, -0.1) is 11.5 Å². The molecular weight excluding hydrogens is 282 g/mol. The van der Waals surface area contributed by atoms with E-state index in [4.69, 9.17) is 4.84 Å². The second-order valence-electron chi connectivity index (χ2n) is 5.71. The molecule has 1 rings (SSSR count). The molecule has 0 aliphatic heterocycles. The second-order valence-corrected chi connectivity index (χ2v) is 10.5. The quantitative estimate of drug-likeness (QED) is 0.528. The third kappa shape index (κ3) is 8.66. The molecule has 0 saturated heterocycles. The van der Waals surface area contributed by atoms with E-state index >= 15 is 0 Å². The van der Waals surface area contributed by atoms with E-state index in [9.17, 15) is 9.59 Å². The molecule has 0 radical (unpaired) electrons. The summed E-state index contributed by atoms with van der Waals surface area (Å²) in [6, 6.07) is 9.27. The molecule has 0 bridgehead atoms. The predicted octanol–water partition coefficient (Wildman–Crippen LogP) is 2.46. The number of benzene rings is 1. The first-order valence-electron chi connectivity index (χ1n) is 6.89. The number of carbonyl (C=O) groups is 2. The molecule has 0 saturated carbocycles. The Bertz CT molecular complexity index is 538. The van der Waals surface area contributed by atoms with Crippen molar-refractivity contribution in [2.45, 2.75) is 38.9 Å². The van der Waals surface area contributed by atoms with Gasteiger partial charge in [-0.2, -0.15) is 5.48 Å². The molecule has 4 nitrogen and oxygen atoms in total. The van der Waals surface area contributed by atoms with Crippen LogP contribution in [0.4, 0.5) is 0 Å². The molecule has 112 valence electrons. The first-order chi connectivity index (χ1) is 9.87. The molecule has 21 heavy (non-hydrogen) atoms. The molecule has 0 aromatic heterocycles. The number of amides is 1. The standard InChI is InChI=1S/C16H21NO3Si/c1-21(2,3)12-8-7-11-16(19)20-17-15(18)13-14-9-5-4-6-10-14/h4-6,9-10H,7,11,13H2,1-3H3,(H,17,18). The number of hydrogen-bond acceptors (Lipinski definition) is 3. The minimum absolute atomic E-state index is 0.184. The average molecular weight is 303 g/mol. The Labute approximate surface area is 126 Å². The molecule has 0 atom stereocenters. The molecule has 1 amide bonds. The van der Waals surface area contributed by atoms with Crippen LogP contribution in [-0.2, 0) is 20.8 Å². The highest BCUT2D eigenvalue weighted by Crippen LogP contribution is 2.00. The predicted molar refractivity (Wildman–Crippen MR) is 84.7 cm³/mol. The second kappa shape index (κ2) is 8.27. The van der Waals surface area contributed by atoms with Crippen LogP contribution in [0.25, 0.3) is 0 Å². The first kappa shape index (κ1) is 17.0. The van der Waals surface area contributed by atoms with Crippen LogP contribution in [0.15, 0.2) is 30.3 Å². The Balaban J connectivity index is 2.23. The van der Waals surface area contributed by atoms with Gasteiger partial charge in [0, 0.05) is 6.42 Å². The van der Waals surface area contributed by atoms with E-state index in [0.717, 1.165) is 5.56 Å². The van der Waals surface area contributed by atoms with Crippen LogP contribution in [0, 0.1) is 11.5 Å². The topological polar surface area (TPSA) is 55.4 Å². The van der Waals surface area contributed by atoms with Crippen molar-refractivity contribution in [1.29, 1.82) is 0 Å². The van der Waals surface area contributed by atoms with Crippen molar-refractivity contribution in [3.63, 3.8) is 0 Å². The van der Waals surface area contributed by atoms with Gasteiger partial charge in [-0.1, -0.05) is 50.0 Å². The zero-order chi connectivity index (χ0) is 15.7. The lowest BCUT2D eigenvalue weighted by Crippen LogP contribution is -2.28. The minimum atomic E-state index is -1.39. The number of rotatable bonds is 4. The van der Waals surface area contributed by atoms with Gasteiger partial charge in [0.05, 0.1) is 12.8 Å². The third-order valence-electron chi connectivity index (χ3n) is 2.40. The summed E-state index contributed by atoms with van der Waals surface area (Å²) < 4.78 is 0. The summed E-state index contributed by atoms with van der Waals surface area (Å²) in [5.74, 6) is 2.17. The highest BCUT2D eigenvalue weighted by Gasteiger charge is 2.09. The molecule has 0 fully saturated rings. The van der Waals surface area contributed by atoms with Gasteiger partial charge < -0.3 is 4.84 Å². The summed E-state index contributed by atoms with van der Waals surface area (Å²) in [4.78, 5) is 27.7. The van der Waals surface area contributed by atoms with Crippen LogP contribution in [0.3, 0.4) is 0 Å². The van der Waals surface area contributed by atoms with E-state index < -0.39 is 14.0 Å². The van der Waals surface area contributed by atoms with Crippen molar-refractivity contribution in [2.24, 2.45) is 0 Å². The molecule has 0 heterocycles. The fourth-order valence-electron chi connectivity index (χ4n) is 1.47. The van der Waals surface area contributed by atoms with Gasteiger partial charge in [0.2, 0.25) is 0 Å². The van der Waals surface area contributed by atoms with E-state index in [1.807, 2.05) is 30.3 Å². The van der Waals surface area contributed by atoms with E-state index in [1.165, 1.54) is 0 Å². The van der Waals surface area contributed by atoms with E-state index in [2.05, 4.69) is 36.6 Å². The maximum atomic E-state index is 11.6. The molecule has 0 aliphatic rings. The zero-order valence-corrected chi connectivity index (χ0v) is 13.7.